The molecule has 1 saturated heterocycles. The van der Waals surface area contributed by atoms with Crippen LogP contribution in [0.15, 0.2) is 51.9 Å². The topological polar surface area (TPSA) is 75.4 Å². The fourth-order valence-corrected chi connectivity index (χ4v) is 5.61. The third kappa shape index (κ3) is 5.85. The minimum Gasteiger partial charge on any atom is -0.356 e. The molecule has 0 spiro atoms. The van der Waals surface area contributed by atoms with Gasteiger partial charge in [0.25, 0.3) is 0 Å². The molecule has 2 aromatic carbocycles. The van der Waals surface area contributed by atoms with Gasteiger partial charge in [0.2, 0.25) is 10.0 Å². The van der Waals surface area contributed by atoms with Gasteiger partial charge in [-0.2, -0.15) is 0 Å². The highest BCUT2D eigenvalue weighted by atomic mass is 32.2. The van der Waals surface area contributed by atoms with E-state index in [1.165, 1.54) is 12.1 Å². The number of hydrogen-bond donors (Lipinski definition) is 1. The number of sulfonamides is 1. The number of piperidine rings is 1. The van der Waals surface area contributed by atoms with Crippen LogP contribution in [0.2, 0.25) is 0 Å². The van der Waals surface area contributed by atoms with Crippen LogP contribution in [0.3, 0.4) is 0 Å². The van der Waals surface area contributed by atoms with Gasteiger partial charge < -0.3 is 9.42 Å². The Bertz CT molecular complexity index is 1210. The van der Waals surface area contributed by atoms with Crippen molar-refractivity contribution < 1.29 is 17.3 Å². The summed E-state index contributed by atoms with van der Waals surface area (Å²) < 4.78 is 46.6. The Kier molecular flexibility index (Phi) is 7.40. The highest BCUT2D eigenvalue weighted by molar-refractivity contribution is 7.89. The number of unbranched alkanes of at least 4 members (excludes halogenated alkanes) is 1. The maximum atomic E-state index is 13.4. The van der Waals surface area contributed by atoms with Gasteiger partial charge in [-0.3, -0.25) is 0 Å². The monoisotopic (exact) mass is 487 g/mol. The molecule has 6 nitrogen and oxygen atoms in total. The number of fused-ring (bicyclic) bond motifs is 1. The van der Waals surface area contributed by atoms with Crippen LogP contribution in [0.1, 0.15) is 63.6 Å². The van der Waals surface area contributed by atoms with Crippen molar-refractivity contribution in [2.45, 2.75) is 62.7 Å². The molecule has 34 heavy (non-hydrogen) atoms. The average molecular weight is 488 g/mol. The van der Waals surface area contributed by atoms with Gasteiger partial charge in [-0.25, -0.2) is 17.5 Å². The Morgan fingerprint density at radius 1 is 1.09 bits per heavy atom. The van der Waals surface area contributed by atoms with Crippen LogP contribution in [-0.4, -0.2) is 44.7 Å². The van der Waals surface area contributed by atoms with Crippen molar-refractivity contribution in [1.29, 1.82) is 0 Å². The van der Waals surface area contributed by atoms with Crippen molar-refractivity contribution in [2.24, 2.45) is 0 Å². The number of nitrogens with one attached hydrogen (secondary N) is 1. The number of benzene rings is 2. The van der Waals surface area contributed by atoms with E-state index in [1.807, 2.05) is 12.1 Å². The lowest BCUT2D eigenvalue weighted by Crippen LogP contribution is -2.34. The number of hydrogen-bond acceptors (Lipinski definition) is 5. The van der Waals surface area contributed by atoms with Crippen molar-refractivity contribution in [3.63, 3.8) is 0 Å². The Morgan fingerprint density at radius 2 is 1.79 bits per heavy atom. The highest BCUT2D eigenvalue weighted by Crippen LogP contribution is 2.32. The van der Waals surface area contributed by atoms with Crippen LogP contribution in [-0.2, 0) is 15.4 Å². The molecule has 3 aromatic rings. The molecule has 0 amide bonds. The lowest BCUT2D eigenvalue weighted by molar-refractivity contribution is 0.206. The van der Waals surface area contributed by atoms with Gasteiger partial charge in [0, 0.05) is 23.9 Å². The third-order valence-electron chi connectivity index (χ3n) is 6.66. The molecular formula is C26H34FN3O3S. The molecule has 1 N–H and O–H groups in total. The summed E-state index contributed by atoms with van der Waals surface area (Å²) >= 11 is 0. The number of likely N-dealkylation sites (tertiary alicyclic amines) is 1. The number of rotatable bonds is 8. The SMILES string of the molecule is CC(C)(C)c1ccc(S(=O)(=O)NCCCCN2CCC(c3noc4cc(F)ccc34)CC2)cc1. The molecule has 2 heterocycles. The van der Waals surface area contributed by atoms with Gasteiger partial charge in [-0.1, -0.05) is 38.1 Å². The summed E-state index contributed by atoms with van der Waals surface area (Å²) in [5, 5.41) is 5.11. The van der Waals surface area contributed by atoms with Gasteiger partial charge in [0.15, 0.2) is 5.58 Å². The number of halogens is 1. The van der Waals surface area contributed by atoms with Gasteiger partial charge in [0.05, 0.1) is 10.6 Å². The molecule has 0 unspecified atom stereocenters. The molecule has 0 bridgehead atoms. The Morgan fingerprint density at radius 3 is 2.47 bits per heavy atom. The summed E-state index contributed by atoms with van der Waals surface area (Å²) in [6.45, 7) is 9.63. The number of aromatic nitrogens is 1. The van der Waals surface area contributed by atoms with Crippen LogP contribution in [0.4, 0.5) is 4.39 Å². The van der Waals surface area contributed by atoms with Gasteiger partial charge >= 0.3 is 0 Å². The Balaban J connectivity index is 1.19. The maximum absolute atomic E-state index is 13.4. The summed E-state index contributed by atoms with van der Waals surface area (Å²) in [5.74, 6) is 0.00481. The second-order valence-electron chi connectivity index (χ2n) is 10.2. The van der Waals surface area contributed by atoms with E-state index in [4.69, 9.17) is 4.52 Å². The highest BCUT2D eigenvalue weighted by Gasteiger charge is 2.25. The summed E-state index contributed by atoms with van der Waals surface area (Å²) in [7, 11) is -3.48. The molecule has 184 valence electrons. The molecular weight excluding hydrogens is 453 g/mol. The first-order chi connectivity index (χ1) is 16.1. The zero-order valence-electron chi connectivity index (χ0n) is 20.2. The summed E-state index contributed by atoms with van der Waals surface area (Å²) in [4.78, 5) is 2.73. The zero-order valence-corrected chi connectivity index (χ0v) is 21.0. The predicted octanol–water partition coefficient (Wildman–Crippen LogP) is 5.20. The first-order valence-corrected chi connectivity index (χ1v) is 13.5. The second kappa shape index (κ2) is 10.1. The maximum Gasteiger partial charge on any atom is 0.240 e. The van der Waals surface area contributed by atoms with E-state index in [0.29, 0.717) is 22.9 Å². The van der Waals surface area contributed by atoms with E-state index in [9.17, 15) is 12.8 Å². The summed E-state index contributed by atoms with van der Waals surface area (Å²) in [6.07, 6.45) is 3.69. The minimum absolute atomic E-state index is 0.00751. The molecule has 1 fully saturated rings. The molecule has 0 atom stereocenters. The smallest absolute Gasteiger partial charge is 0.240 e. The predicted molar refractivity (Wildman–Crippen MR) is 132 cm³/mol. The average Bonchev–Trinajstić information content (AvgIpc) is 3.22. The van der Waals surface area contributed by atoms with E-state index >= 15 is 0 Å². The van der Waals surface area contributed by atoms with Gasteiger partial charge in [-0.15, -0.1) is 0 Å². The van der Waals surface area contributed by atoms with Crippen LogP contribution in [0.5, 0.6) is 0 Å². The van der Waals surface area contributed by atoms with Gasteiger partial charge in [0.1, 0.15) is 5.82 Å². The zero-order chi connectivity index (χ0) is 24.3. The third-order valence-corrected chi connectivity index (χ3v) is 8.14. The van der Waals surface area contributed by atoms with Crippen molar-refractivity contribution in [1.82, 2.24) is 14.8 Å². The molecule has 8 heteroatoms. The van der Waals surface area contributed by atoms with E-state index in [0.717, 1.165) is 62.0 Å². The summed E-state index contributed by atoms with van der Waals surface area (Å²) in [5.41, 5.74) is 2.54. The molecule has 4 rings (SSSR count). The molecule has 1 aromatic heterocycles. The standard InChI is InChI=1S/C26H34FN3O3S/c1-26(2,3)20-6-9-22(10-7-20)34(31,32)28-14-4-5-15-30-16-12-19(13-17-30)25-23-11-8-21(27)18-24(23)33-29-25/h6-11,18-19,28H,4-5,12-17H2,1-3H3. The first-order valence-electron chi connectivity index (χ1n) is 12.0. The van der Waals surface area contributed by atoms with Crippen molar-refractivity contribution >= 4 is 21.0 Å². The molecule has 0 radical (unpaired) electrons. The molecule has 0 saturated carbocycles. The van der Waals surface area contributed by atoms with E-state index in [1.54, 1.807) is 18.2 Å². The fraction of sp³-hybridized carbons (Fsp3) is 0.500. The largest absolute Gasteiger partial charge is 0.356 e. The van der Waals surface area contributed by atoms with Crippen LogP contribution < -0.4 is 4.72 Å². The minimum atomic E-state index is -3.48. The lowest BCUT2D eigenvalue weighted by Gasteiger charge is -2.31. The first kappa shape index (κ1) is 24.8. The van der Waals surface area contributed by atoms with Gasteiger partial charge in [-0.05, 0) is 80.6 Å². The normalized spacial score (nSPS) is 16.4. The van der Waals surface area contributed by atoms with Crippen LogP contribution in [0, 0.1) is 5.82 Å². The molecule has 1 aliphatic rings. The second-order valence-corrected chi connectivity index (χ2v) is 12.0. The van der Waals surface area contributed by atoms with Crippen molar-refractivity contribution in [3.8, 4) is 0 Å². The van der Waals surface area contributed by atoms with Crippen molar-refractivity contribution in [2.75, 3.05) is 26.2 Å². The Labute approximate surface area is 201 Å². The fourth-order valence-electron chi connectivity index (χ4n) is 4.54. The molecule has 1 aliphatic heterocycles. The molecule has 0 aliphatic carbocycles. The lowest BCUT2D eigenvalue weighted by atomic mass is 9.87. The number of nitrogens with zero attached hydrogens (tertiary/aromatic N) is 2. The van der Waals surface area contributed by atoms with Crippen LogP contribution in [0.25, 0.3) is 11.0 Å². The summed E-state index contributed by atoms with van der Waals surface area (Å²) in [6, 6.07) is 11.7. The van der Waals surface area contributed by atoms with E-state index < -0.39 is 10.0 Å². The quantitative estimate of drug-likeness (QED) is 0.442. The van der Waals surface area contributed by atoms with Crippen molar-refractivity contribution in [3.05, 3.63) is 59.5 Å². The van der Waals surface area contributed by atoms with E-state index in [-0.39, 0.29) is 11.2 Å². The Hall–Kier alpha value is -2.29. The van der Waals surface area contributed by atoms with Crippen LogP contribution >= 0.6 is 0 Å². The van der Waals surface area contributed by atoms with E-state index in [2.05, 4.69) is 35.5 Å².